The van der Waals surface area contributed by atoms with Crippen LogP contribution in [0, 0.1) is 0 Å². The van der Waals surface area contributed by atoms with Crippen LogP contribution in [0.3, 0.4) is 0 Å². The monoisotopic (exact) mass is 419 g/mol. The molecule has 0 radical (unpaired) electrons. The van der Waals surface area contributed by atoms with Gasteiger partial charge >= 0.3 is 0 Å². The lowest BCUT2D eigenvalue weighted by Gasteiger charge is -2.44. The van der Waals surface area contributed by atoms with Crippen LogP contribution in [0.25, 0.3) is 0 Å². The van der Waals surface area contributed by atoms with E-state index in [-0.39, 0.29) is 28.5 Å². The number of carbonyl (C=O) groups excluding carboxylic acids is 2. The number of carbonyl (C=O) groups is 2. The van der Waals surface area contributed by atoms with Gasteiger partial charge in [0.25, 0.3) is 0 Å². The van der Waals surface area contributed by atoms with Gasteiger partial charge in [-0.1, -0.05) is 36.4 Å². The van der Waals surface area contributed by atoms with Gasteiger partial charge in [0.1, 0.15) is 16.3 Å². The lowest BCUT2D eigenvalue weighted by Crippen LogP contribution is -2.67. The number of rotatable bonds is 5. The summed E-state index contributed by atoms with van der Waals surface area (Å²) in [7, 11) is -3.60. The number of sulfonamides is 1. The fraction of sp³-hybridized carbons (Fsp3) is 0.368. The first kappa shape index (κ1) is 19.1. The molecule has 2 aliphatic rings. The minimum Gasteiger partial charge on any atom is -0.342 e. The Kier molecular flexibility index (Phi) is 5.22. The van der Waals surface area contributed by atoms with Crippen molar-refractivity contribution in [3.63, 3.8) is 0 Å². The van der Waals surface area contributed by atoms with Crippen molar-refractivity contribution in [3.05, 3.63) is 53.4 Å². The molecule has 4 rings (SSSR count). The van der Waals surface area contributed by atoms with Gasteiger partial charge in [0, 0.05) is 19.0 Å². The number of nitrogens with zero attached hydrogens (tertiary/aromatic N) is 1. The fourth-order valence-corrected chi connectivity index (χ4v) is 6.09. The van der Waals surface area contributed by atoms with Crippen LogP contribution in [0.5, 0.6) is 0 Å². The number of benzene rings is 1. The van der Waals surface area contributed by atoms with Crippen LogP contribution in [0.2, 0.25) is 0 Å². The summed E-state index contributed by atoms with van der Waals surface area (Å²) in [5.74, 6) is -0.325. The van der Waals surface area contributed by atoms with E-state index in [9.17, 15) is 18.0 Å². The number of hydrogen-bond donors (Lipinski definition) is 2. The zero-order valence-corrected chi connectivity index (χ0v) is 16.7. The van der Waals surface area contributed by atoms with Crippen LogP contribution in [-0.2, 0) is 26.0 Å². The molecule has 2 saturated heterocycles. The predicted octanol–water partition coefficient (Wildman–Crippen LogP) is 1.13. The molecule has 2 aliphatic heterocycles. The Balaban J connectivity index is 1.43. The quantitative estimate of drug-likeness (QED) is 0.759. The summed E-state index contributed by atoms with van der Waals surface area (Å²) in [6.45, 7) is 0.361. The molecule has 2 aromatic rings. The molecule has 9 heteroatoms. The summed E-state index contributed by atoms with van der Waals surface area (Å²) in [4.78, 5) is 27.1. The van der Waals surface area contributed by atoms with Crippen molar-refractivity contribution in [3.8, 4) is 0 Å². The van der Waals surface area contributed by atoms with E-state index in [4.69, 9.17) is 0 Å². The number of hydrogen-bond acceptors (Lipinski definition) is 5. The maximum absolute atomic E-state index is 12.9. The van der Waals surface area contributed by atoms with Gasteiger partial charge < -0.3 is 10.2 Å². The second-order valence-electron chi connectivity index (χ2n) is 7.07. The molecule has 3 unspecified atom stereocenters. The van der Waals surface area contributed by atoms with Gasteiger partial charge in [-0.05, 0) is 29.9 Å². The van der Waals surface area contributed by atoms with E-state index >= 15 is 0 Å². The molecule has 1 aromatic carbocycles. The molecule has 0 spiro atoms. The summed E-state index contributed by atoms with van der Waals surface area (Å²) >= 11 is 1.15. The summed E-state index contributed by atoms with van der Waals surface area (Å²) in [6, 6.07) is 11.2. The van der Waals surface area contributed by atoms with E-state index in [0.29, 0.717) is 19.4 Å². The predicted molar refractivity (Wildman–Crippen MR) is 105 cm³/mol. The van der Waals surface area contributed by atoms with Crippen molar-refractivity contribution >= 4 is 33.2 Å². The molecule has 1 aromatic heterocycles. The first-order valence-electron chi connectivity index (χ1n) is 9.14. The van der Waals surface area contributed by atoms with Crippen LogP contribution in [0.1, 0.15) is 18.4 Å². The summed E-state index contributed by atoms with van der Waals surface area (Å²) in [6.07, 6.45) is 1.21. The normalized spacial score (nSPS) is 25.3. The van der Waals surface area contributed by atoms with Gasteiger partial charge in [-0.25, -0.2) is 13.1 Å². The summed E-state index contributed by atoms with van der Waals surface area (Å²) in [5, 5.41) is 4.53. The molecular formula is C19H21N3O4S2. The average molecular weight is 420 g/mol. The minimum absolute atomic E-state index is 0.104. The molecule has 148 valence electrons. The van der Waals surface area contributed by atoms with E-state index in [2.05, 4.69) is 10.0 Å². The van der Waals surface area contributed by atoms with Crippen LogP contribution in [-0.4, -0.2) is 49.8 Å². The standard InChI is InChI=1S/C19H21N3O4S2/c23-18-16-12-14(21-28(25,26)17-7-4-10-27-17)8-9-22(16)19(24)15(20-18)11-13-5-2-1-3-6-13/h1-7,10,14-16,21H,8-9,11-12H2,(H,20,23). The van der Waals surface area contributed by atoms with Gasteiger partial charge in [-0.2, -0.15) is 0 Å². The third kappa shape index (κ3) is 3.82. The zero-order valence-electron chi connectivity index (χ0n) is 15.1. The minimum atomic E-state index is -3.60. The smallest absolute Gasteiger partial charge is 0.250 e. The maximum atomic E-state index is 12.9. The Bertz CT molecular complexity index is 960. The molecular weight excluding hydrogens is 398 g/mol. The Morgan fingerprint density at radius 2 is 1.93 bits per heavy atom. The van der Waals surface area contributed by atoms with Gasteiger partial charge in [0.05, 0.1) is 0 Å². The number of nitrogens with one attached hydrogen (secondary N) is 2. The van der Waals surface area contributed by atoms with Gasteiger partial charge in [0.2, 0.25) is 21.8 Å². The van der Waals surface area contributed by atoms with Crippen molar-refractivity contribution < 1.29 is 18.0 Å². The Labute approximate surface area is 167 Å². The lowest BCUT2D eigenvalue weighted by molar-refractivity contribution is -0.151. The summed E-state index contributed by atoms with van der Waals surface area (Å²) < 4.78 is 27.8. The maximum Gasteiger partial charge on any atom is 0.250 e. The number of amides is 2. The highest BCUT2D eigenvalue weighted by Crippen LogP contribution is 2.25. The van der Waals surface area contributed by atoms with Crippen molar-refractivity contribution in [2.75, 3.05) is 6.54 Å². The Hall–Kier alpha value is -2.23. The van der Waals surface area contributed by atoms with Gasteiger partial charge in [-0.3, -0.25) is 9.59 Å². The van der Waals surface area contributed by atoms with Crippen molar-refractivity contribution in [1.82, 2.24) is 14.9 Å². The van der Waals surface area contributed by atoms with Crippen molar-refractivity contribution in [1.29, 1.82) is 0 Å². The van der Waals surface area contributed by atoms with Gasteiger partial charge in [-0.15, -0.1) is 11.3 Å². The zero-order chi connectivity index (χ0) is 19.7. The Morgan fingerprint density at radius 3 is 2.64 bits per heavy atom. The SMILES string of the molecule is O=C1NC(Cc2ccccc2)C(=O)N2CCC(NS(=O)(=O)c3cccs3)CC12. The first-order chi connectivity index (χ1) is 13.4. The van der Waals surface area contributed by atoms with Crippen LogP contribution >= 0.6 is 11.3 Å². The highest BCUT2D eigenvalue weighted by molar-refractivity contribution is 7.91. The van der Waals surface area contributed by atoms with Gasteiger partial charge in [0.15, 0.2) is 0 Å². The number of piperidine rings is 1. The van der Waals surface area contributed by atoms with E-state index in [1.54, 1.807) is 22.4 Å². The second-order valence-corrected chi connectivity index (χ2v) is 9.96. The fourth-order valence-electron chi connectivity index (χ4n) is 3.80. The molecule has 0 aliphatic carbocycles. The highest BCUT2D eigenvalue weighted by atomic mass is 32.2. The number of thiophene rings is 1. The summed E-state index contributed by atoms with van der Waals surface area (Å²) in [5.41, 5.74) is 0.984. The van der Waals surface area contributed by atoms with Crippen LogP contribution < -0.4 is 10.0 Å². The lowest BCUT2D eigenvalue weighted by atomic mass is 9.92. The Morgan fingerprint density at radius 1 is 1.14 bits per heavy atom. The highest BCUT2D eigenvalue weighted by Gasteiger charge is 2.44. The van der Waals surface area contributed by atoms with E-state index < -0.39 is 22.1 Å². The van der Waals surface area contributed by atoms with E-state index in [1.807, 2.05) is 30.3 Å². The molecule has 2 N–H and O–H groups in total. The average Bonchev–Trinajstić information content (AvgIpc) is 3.22. The molecule has 0 saturated carbocycles. The van der Waals surface area contributed by atoms with Crippen molar-refractivity contribution in [2.45, 2.75) is 41.6 Å². The third-order valence-electron chi connectivity index (χ3n) is 5.17. The molecule has 2 fully saturated rings. The van der Waals surface area contributed by atoms with Crippen LogP contribution in [0.4, 0.5) is 0 Å². The molecule has 0 bridgehead atoms. The molecule has 28 heavy (non-hydrogen) atoms. The second kappa shape index (κ2) is 7.65. The number of piperazine rings is 1. The van der Waals surface area contributed by atoms with Crippen molar-refractivity contribution in [2.24, 2.45) is 0 Å². The molecule has 3 atom stereocenters. The topological polar surface area (TPSA) is 95.6 Å². The van der Waals surface area contributed by atoms with E-state index in [1.165, 1.54) is 0 Å². The third-order valence-corrected chi connectivity index (χ3v) is 8.09. The van der Waals surface area contributed by atoms with E-state index in [0.717, 1.165) is 16.9 Å². The molecule has 3 heterocycles. The molecule has 2 amide bonds. The van der Waals surface area contributed by atoms with Crippen LogP contribution in [0.15, 0.2) is 52.1 Å². The number of fused-ring (bicyclic) bond motifs is 1. The first-order valence-corrected chi connectivity index (χ1v) is 11.5. The largest absolute Gasteiger partial charge is 0.342 e. The molecule has 7 nitrogen and oxygen atoms in total.